The fraction of sp³-hybridized carbons (Fsp3) is 0.294. The summed E-state index contributed by atoms with van der Waals surface area (Å²) in [6, 6.07) is 16.4. The van der Waals surface area contributed by atoms with Gasteiger partial charge in [-0.2, -0.15) is 0 Å². The minimum Gasteiger partial charge on any atom is -0.507 e. The van der Waals surface area contributed by atoms with Gasteiger partial charge in [0.2, 0.25) is 0 Å². The quantitative estimate of drug-likeness (QED) is 0.141. The van der Waals surface area contributed by atoms with Gasteiger partial charge in [0.15, 0.2) is 0 Å². The molecule has 4 aromatic carbocycles. The van der Waals surface area contributed by atoms with Crippen LogP contribution in [0.25, 0.3) is 0 Å². The van der Waals surface area contributed by atoms with Crippen molar-refractivity contribution in [1.29, 1.82) is 0 Å². The number of phenolic OH excluding ortho intramolecular Hbond substituents is 2. The number of nitro groups is 2. The van der Waals surface area contributed by atoms with E-state index in [1.807, 2.05) is 38.1 Å². The number of benzene rings is 4. The van der Waals surface area contributed by atoms with E-state index in [9.17, 15) is 30.4 Å². The smallest absolute Gasteiger partial charge is 0.270 e. The van der Waals surface area contributed by atoms with Crippen LogP contribution < -0.4 is 9.47 Å². The van der Waals surface area contributed by atoms with Gasteiger partial charge in [-0.15, -0.1) is 0 Å². The standard InChI is InChI=1S/C34H34N2O8/c1-3-11-43-33-21-7-5-8-22(33)14-26-18-30(36(41)42)20-28(32(26)38)16-24-10-6-9-23(34(24)44-12-4-2)15-27-19-29(35(39)40)17-25(13-21)31(27)37/h5-10,17-20,37-38H,3-4,11-16H2,1-2H3. The molecule has 0 saturated heterocycles. The molecule has 0 aromatic heterocycles. The van der Waals surface area contributed by atoms with E-state index in [-0.39, 0.29) is 48.6 Å². The van der Waals surface area contributed by atoms with Gasteiger partial charge in [-0.3, -0.25) is 20.2 Å². The Morgan fingerprint density at radius 3 is 1.14 bits per heavy atom. The van der Waals surface area contributed by atoms with Gasteiger partial charge < -0.3 is 19.7 Å². The van der Waals surface area contributed by atoms with Crippen molar-refractivity contribution in [2.75, 3.05) is 13.2 Å². The van der Waals surface area contributed by atoms with Crippen molar-refractivity contribution in [3.05, 3.63) is 125 Å². The molecular formula is C34H34N2O8. The zero-order valence-corrected chi connectivity index (χ0v) is 24.7. The van der Waals surface area contributed by atoms with Crippen molar-refractivity contribution < 1.29 is 29.5 Å². The monoisotopic (exact) mass is 598 g/mol. The first-order valence-electron chi connectivity index (χ1n) is 14.7. The van der Waals surface area contributed by atoms with Gasteiger partial charge in [0, 0.05) is 72.2 Å². The highest BCUT2D eigenvalue weighted by atomic mass is 16.6. The van der Waals surface area contributed by atoms with E-state index >= 15 is 0 Å². The molecule has 1 aliphatic carbocycles. The van der Waals surface area contributed by atoms with Crippen LogP contribution in [0.15, 0.2) is 60.7 Å². The highest BCUT2D eigenvalue weighted by molar-refractivity contribution is 5.59. The minimum absolute atomic E-state index is 0.0418. The Morgan fingerprint density at radius 2 is 0.886 bits per heavy atom. The fourth-order valence-corrected chi connectivity index (χ4v) is 5.67. The molecule has 0 saturated carbocycles. The van der Waals surface area contributed by atoms with Gasteiger partial charge in [0.1, 0.15) is 23.0 Å². The summed E-state index contributed by atoms with van der Waals surface area (Å²) in [6.07, 6.45) is 1.98. The topological polar surface area (TPSA) is 145 Å². The van der Waals surface area contributed by atoms with Crippen LogP contribution in [0.1, 0.15) is 71.2 Å². The molecule has 0 unspecified atom stereocenters. The van der Waals surface area contributed by atoms with Gasteiger partial charge in [-0.1, -0.05) is 50.2 Å². The number of hydrogen-bond donors (Lipinski definition) is 2. The van der Waals surface area contributed by atoms with Crippen LogP contribution in [0, 0.1) is 20.2 Å². The second-order valence-corrected chi connectivity index (χ2v) is 11.0. The van der Waals surface area contributed by atoms with Crippen molar-refractivity contribution in [1.82, 2.24) is 0 Å². The van der Waals surface area contributed by atoms with Gasteiger partial charge in [-0.05, 0) is 35.1 Å². The number of phenols is 2. The number of hydrogen-bond acceptors (Lipinski definition) is 8. The summed E-state index contributed by atoms with van der Waals surface area (Å²) in [5, 5.41) is 46.9. The number of rotatable bonds is 8. The van der Waals surface area contributed by atoms with Crippen molar-refractivity contribution in [2.24, 2.45) is 0 Å². The largest absolute Gasteiger partial charge is 0.507 e. The maximum Gasteiger partial charge on any atom is 0.270 e. The van der Waals surface area contributed by atoms with Crippen molar-refractivity contribution >= 4 is 11.4 Å². The molecule has 1 aliphatic rings. The first kappa shape index (κ1) is 30.3. The van der Waals surface area contributed by atoms with Crippen LogP contribution in [0.3, 0.4) is 0 Å². The lowest BCUT2D eigenvalue weighted by atomic mass is 9.91. The Morgan fingerprint density at radius 1 is 0.591 bits per heavy atom. The highest BCUT2D eigenvalue weighted by Crippen LogP contribution is 2.40. The Bertz CT molecular complexity index is 1520. The SMILES string of the molecule is CCCOc1c2cccc1Cc1cc([N+](=O)[O-])cc(c1O)Cc1cccc(c1OCCC)Cc1cc([N+](=O)[O-])cc(c1O)C2. The second-order valence-electron chi connectivity index (χ2n) is 11.0. The molecule has 44 heavy (non-hydrogen) atoms. The molecule has 10 nitrogen and oxygen atoms in total. The van der Waals surface area contributed by atoms with Gasteiger partial charge >= 0.3 is 0 Å². The molecule has 4 aromatic rings. The van der Waals surface area contributed by atoms with E-state index in [2.05, 4.69) is 0 Å². The summed E-state index contributed by atoms with van der Waals surface area (Å²) in [6.45, 7) is 4.70. The van der Waals surface area contributed by atoms with Crippen molar-refractivity contribution in [2.45, 2.75) is 52.4 Å². The Hall–Kier alpha value is -5.12. The van der Waals surface area contributed by atoms with E-state index in [0.717, 1.165) is 0 Å². The maximum absolute atomic E-state index is 12.0. The van der Waals surface area contributed by atoms with Crippen molar-refractivity contribution in [3.63, 3.8) is 0 Å². The number of nitro benzene ring substituents is 2. The predicted octanol–water partition coefficient (Wildman–Crippen LogP) is 7.17. The average molecular weight is 599 g/mol. The van der Waals surface area contributed by atoms with E-state index in [1.165, 1.54) is 24.3 Å². The molecule has 8 bridgehead atoms. The summed E-state index contributed by atoms with van der Waals surface area (Å²) in [7, 11) is 0. The molecule has 0 amide bonds. The molecule has 0 aliphatic heterocycles. The normalized spacial score (nSPS) is 12.4. The molecule has 0 heterocycles. The van der Waals surface area contributed by atoms with Gasteiger partial charge in [0.05, 0.1) is 23.1 Å². The van der Waals surface area contributed by atoms with Crippen LogP contribution in [-0.4, -0.2) is 33.3 Å². The number of ether oxygens (including phenoxy) is 2. The molecule has 0 spiro atoms. The average Bonchev–Trinajstić information content (AvgIpc) is 2.99. The second kappa shape index (κ2) is 13.0. The van der Waals surface area contributed by atoms with Crippen LogP contribution in [0.5, 0.6) is 23.0 Å². The first-order valence-corrected chi connectivity index (χ1v) is 14.7. The summed E-state index contributed by atoms with van der Waals surface area (Å²) >= 11 is 0. The van der Waals surface area contributed by atoms with Crippen LogP contribution in [0.2, 0.25) is 0 Å². The minimum atomic E-state index is -0.469. The first-order chi connectivity index (χ1) is 21.2. The van der Waals surface area contributed by atoms with Gasteiger partial charge in [-0.25, -0.2) is 0 Å². The molecule has 5 rings (SSSR count). The van der Waals surface area contributed by atoms with Crippen LogP contribution >= 0.6 is 0 Å². The van der Waals surface area contributed by atoms with Crippen LogP contribution in [-0.2, 0) is 25.7 Å². The maximum atomic E-state index is 12.0. The lowest BCUT2D eigenvalue weighted by molar-refractivity contribution is -0.385. The zero-order valence-electron chi connectivity index (χ0n) is 24.7. The predicted molar refractivity (Wildman–Crippen MR) is 165 cm³/mol. The Kier molecular flexibility index (Phi) is 8.99. The summed E-state index contributed by atoms with van der Waals surface area (Å²) in [5.74, 6) is 0.948. The summed E-state index contributed by atoms with van der Waals surface area (Å²) in [4.78, 5) is 23.0. The Balaban J connectivity index is 1.80. The van der Waals surface area contributed by atoms with Crippen molar-refractivity contribution in [3.8, 4) is 23.0 Å². The Labute approximate surface area is 254 Å². The zero-order chi connectivity index (χ0) is 31.4. The van der Waals surface area contributed by atoms with E-state index < -0.39 is 9.85 Å². The summed E-state index contributed by atoms with van der Waals surface area (Å²) < 4.78 is 12.4. The molecule has 0 fully saturated rings. The van der Waals surface area contributed by atoms with Gasteiger partial charge in [0.25, 0.3) is 11.4 Å². The number of fused-ring (bicyclic) bond motifs is 8. The fourth-order valence-electron chi connectivity index (χ4n) is 5.67. The molecule has 228 valence electrons. The summed E-state index contributed by atoms with van der Waals surface area (Å²) in [5.41, 5.74) is 3.93. The lowest BCUT2D eigenvalue weighted by Crippen LogP contribution is -2.07. The third-order valence-electron chi connectivity index (χ3n) is 7.71. The number of para-hydroxylation sites is 2. The van der Waals surface area contributed by atoms with E-state index in [0.29, 0.717) is 82.1 Å². The number of nitrogens with zero attached hydrogens (tertiary/aromatic N) is 2. The molecular weight excluding hydrogens is 564 g/mol. The third-order valence-corrected chi connectivity index (χ3v) is 7.71. The molecule has 2 N–H and O–H groups in total. The van der Waals surface area contributed by atoms with E-state index in [1.54, 1.807) is 12.1 Å². The lowest BCUT2D eigenvalue weighted by Gasteiger charge is -2.20. The third kappa shape index (κ3) is 6.29. The molecule has 0 radical (unpaired) electrons. The van der Waals surface area contributed by atoms with Crippen LogP contribution in [0.4, 0.5) is 11.4 Å². The number of aromatic hydroxyl groups is 2. The van der Waals surface area contributed by atoms with E-state index in [4.69, 9.17) is 9.47 Å². The molecule has 0 atom stereocenters. The number of non-ortho nitro benzene ring substituents is 2. The highest BCUT2D eigenvalue weighted by Gasteiger charge is 2.24. The molecule has 10 heteroatoms.